The van der Waals surface area contributed by atoms with Crippen LogP contribution in [0, 0.1) is 13.8 Å². The van der Waals surface area contributed by atoms with Gasteiger partial charge in [-0.2, -0.15) is 0 Å². The number of nitrogens with zero attached hydrogens (tertiary/aromatic N) is 1. The zero-order chi connectivity index (χ0) is 16.7. The number of hydrogen-bond donors (Lipinski definition) is 1. The molecule has 1 heterocycles. The van der Waals surface area contributed by atoms with Crippen LogP contribution in [0.5, 0.6) is 0 Å². The van der Waals surface area contributed by atoms with E-state index >= 15 is 0 Å². The standard InChI is InChI=1S/C19H25NO2/c1-12(2)20-17(15-8-7-13(3)14(4)11-15)10-9-16(18(20)21)19(5,6)22/h7-12,22H,1-6H3. The van der Waals surface area contributed by atoms with Crippen LogP contribution in [0.25, 0.3) is 11.3 Å². The minimum Gasteiger partial charge on any atom is -0.386 e. The van der Waals surface area contributed by atoms with E-state index in [4.69, 9.17) is 0 Å². The summed E-state index contributed by atoms with van der Waals surface area (Å²) in [5.74, 6) is 0. The lowest BCUT2D eigenvalue weighted by Crippen LogP contribution is -2.33. The van der Waals surface area contributed by atoms with E-state index in [0.717, 1.165) is 11.3 Å². The predicted octanol–water partition coefficient (Wildman–Crippen LogP) is 3.94. The van der Waals surface area contributed by atoms with E-state index in [1.165, 1.54) is 11.1 Å². The summed E-state index contributed by atoms with van der Waals surface area (Å²) in [6.45, 7) is 11.4. The van der Waals surface area contributed by atoms with Crippen molar-refractivity contribution in [2.45, 2.75) is 53.2 Å². The highest BCUT2D eigenvalue weighted by molar-refractivity contribution is 5.62. The molecule has 0 fully saturated rings. The fourth-order valence-electron chi connectivity index (χ4n) is 2.67. The molecule has 0 bridgehead atoms. The summed E-state index contributed by atoms with van der Waals surface area (Å²) in [6.07, 6.45) is 0. The van der Waals surface area contributed by atoms with Crippen LogP contribution in [0.15, 0.2) is 35.1 Å². The number of benzene rings is 1. The Balaban J connectivity index is 2.74. The third kappa shape index (κ3) is 3.00. The smallest absolute Gasteiger partial charge is 0.257 e. The quantitative estimate of drug-likeness (QED) is 0.932. The largest absolute Gasteiger partial charge is 0.386 e. The maximum Gasteiger partial charge on any atom is 0.257 e. The minimum absolute atomic E-state index is 0.0198. The average molecular weight is 299 g/mol. The highest BCUT2D eigenvalue weighted by atomic mass is 16.3. The molecule has 0 atom stereocenters. The van der Waals surface area contributed by atoms with Crippen molar-refractivity contribution < 1.29 is 5.11 Å². The van der Waals surface area contributed by atoms with Crippen molar-refractivity contribution in [3.8, 4) is 11.3 Å². The molecular weight excluding hydrogens is 274 g/mol. The molecule has 0 saturated heterocycles. The van der Waals surface area contributed by atoms with Crippen LogP contribution >= 0.6 is 0 Å². The third-order valence-corrected chi connectivity index (χ3v) is 4.09. The molecule has 3 nitrogen and oxygen atoms in total. The van der Waals surface area contributed by atoms with Gasteiger partial charge in [0.1, 0.15) is 0 Å². The van der Waals surface area contributed by atoms with Gasteiger partial charge in [0.15, 0.2) is 0 Å². The summed E-state index contributed by atoms with van der Waals surface area (Å²) >= 11 is 0. The molecule has 118 valence electrons. The second kappa shape index (κ2) is 5.73. The Labute approximate surface area is 132 Å². The first-order chi connectivity index (χ1) is 10.1. The third-order valence-electron chi connectivity index (χ3n) is 4.09. The first-order valence-electron chi connectivity index (χ1n) is 7.69. The highest BCUT2D eigenvalue weighted by Gasteiger charge is 2.23. The number of aromatic nitrogens is 1. The summed E-state index contributed by atoms with van der Waals surface area (Å²) in [6, 6.07) is 9.91. The molecule has 0 unspecified atom stereocenters. The van der Waals surface area contributed by atoms with Crippen LogP contribution in [0.3, 0.4) is 0 Å². The fraction of sp³-hybridized carbons (Fsp3) is 0.421. The topological polar surface area (TPSA) is 42.2 Å². The second-order valence-corrected chi connectivity index (χ2v) is 6.76. The van der Waals surface area contributed by atoms with Gasteiger partial charge in [-0.15, -0.1) is 0 Å². The Bertz CT molecular complexity index is 749. The van der Waals surface area contributed by atoms with Gasteiger partial charge in [-0.25, -0.2) is 0 Å². The summed E-state index contributed by atoms with van der Waals surface area (Å²) in [4.78, 5) is 12.8. The first-order valence-corrected chi connectivity index (χ1v) is 7.69. The van der Waals surface area contributed by atoms with Crippen LogP contribution in [0.2, 0.25) is 0 Å². The Kier molecular flexibility index (Phi) is 4.30. The highest BCUT2D eigenvalue weighted by Crippen LogP contribution is 2.26. The summed E-state index contributed by atoms with van der Waals surface area (Å²) in [5.41, 5.74) is 3.50. The monoisotopic (exact) mass is 299 g/mol. The van der Waals surface area contributed by atoms with Gasteiger partial charge in [0.05, 0.1) is 11.3 Å². The number of hydrogen-bond acceptors (Lipinski definition) is 2. The van der Waals surface area contributed by atoms with Crippen LogP contribution in [-0.4, -0.2) is 9.67 Å². The van der Waals surface area contributed by atoms with Crippen LogP contribution in [0.1, 0.15) is 50.4 Å². The minimum atomic E-state index is -1.14. The SMILES string of the molecule is Cc1ccc(-c2ccc(C(C)(C)O)c(=O)n2C(C)C)cc1C. The number of rotatable bonds is 3. The van der Waals surface area contributed by atoms with E-state index in [-0.39, 0.29) is 11.6 Å². The molecule has 0 aliphatic heterocycles. The normalized spacial score (nSPS) is 12.0. The number of aliphatic hydroxyl groups is 1. The summed E-state index contributed by atoms with van der Waals surface area (Å²) < 4.78 is 1.76. The Morgan fingerprint density at radius 3 is 2.18 bits per heavy atom. The van der Waals surface area contributed by atoms with Crippen LogP contribution in [-0.2, 0) is 5.60 Å². The van der Waals surface area contributed by atoms with E-state index in [1.54, 1.807) is 24.5 Å². The van der Waals surface area contributed by atoms with E-state index in [9.17, 15) is 9.90 Å². The zero-order valence-corrected chi connectivity index (χ0v) is 14.3. The molecule has 0 aliphatic rings. The zero-order valence-electron chi connectivity index (χ0n) is 14.3. The summed E-state index contributed by atoms with van der Waals surface area (Å²) in [5, 5.41) is 10.2. The first kappa shape index (κ1) is 16.5. The molecule has 1 aromatic heterocycles. The molecule has 0 saturated carbocycles. The van der Waals surface area contributed by atoms with Crippen molar-refractivity contribution in [3.63, 3.8) is 0 Å². The van der Waals surface area contributed by atoms with Gasteiger partial charge >= 0.3 is 0 Å². The van der Waals surface area contributed by atoms with E-state index in [2.05, 4.69) is 26.0 Å². The molecule has 22 heavy (non-hydrogen) atoms. The molecule has 2 aromatic rings. The average Bonchev–Trinajstić information content (AvgIpc) is 2.39. The van der Waals surface area contributed by atoms with Gasteiger partial charge in [0, 0.05) is 11.6 Å². The second-order valence-electron chi connectivity index (χ2n) is 6.76. The van der Waals surface area contributed by atoms with Crippen LogP contribution < -0.4 is 5.56 Å². The molecular formula is C19H25NO2. The van der Waals surface area contributed by atoms with Crippen molar-refractivity contribution in [2.75, 3.05) is 0 Å². The number of pyridine rings is 1. The van der Waals surface area contributed by atoms with Gasteiger partial charge in [0.2, 0.25) is 0 Å². The van der Waals surface area contributed by atoms with Crippen molar-refractivity contribution in [2.24, 2.45) is 0 Å². The Morgan fingerprint density at radius 1 is 1.05 bits per heavy atom. The molecule has 1 aromatic carbocycles. The molecule has 2 rings (SSSR count). The Hall–Kier alpha value is -1.87. The lowest BCUT2D eigenvalue weighted by Gasteiger charge is -2.23. The lowest BCUT2D eigenvalue weighted by atomic mass is 9.97. The van der Waals surface area contributed by atoms with Gasteiger partial charge in [0.25, 0.3) is 5.56 Å². The summed E-state index contributed by atoms with van der Waals surface area (Å²) in [7, 11) is 0. The maximum atomic E-state index is 12.8. The van der Waals surface area contributed by atoms with Crippen molar-refractivity contribution in [3.05, 3.63) is 57.4 Å². The molecule has 0 amide bonds. The van der Waals surface area contributed by atoms with E-state index in [0.29, 0.717) is 5.56 Å². The van der Waals surface area contributed by atoms with Crippen molar-refractivity contribution >= 4 is 0 Å². The van der Waals surface area contributed by atoms with Crippen LogP contribution in [0.4, 0.5) is 0 Å². The van der Waals surface area contributed by atoms with Gasteiger partial charge in [-0.1, -0.05) is 12.1 Å². The molecule has 3 heteroatoms. The van der Waals surface area contributed by atoms with Gasteiger partial charge < -0.3 is 9.67 Å². The maximum absolute atomic E-state index is 12.8. The van der Waals surface area contributed by atoms with Gasteiger partial charge in [-0.05, 0) is 76.4 Å². The van der Waals surface area contributed by atoms with E-state index < -0.39 is 5.60 Å². The van der Waals surface area contributed by atoms with E-state index in [1.807, 2.05) is 26.0 Å². The van der Waals surface area contributed by atoms with Crippen molar-refractivity contribution in [1.29, 1.82) is 0 Å². The molecule has 0 aliphatic carbocycles. The fourth-order valence-corrected chi connectivity index (χ4v) is 2.67. The molecule has 1 N–H and O–H groups in total. The molecule has 0 radical (unpaired) electrons. The molecule has 0 spiro atoms. The Morgan fingerprint density at radius 2 is 1.68 bits per heavy atom. The van der Waals surface area contributed by atoms with Gasteiger partial charge in [-0.3, -0.25) is 4.79 Å². The lowest BCUT2D eigenvalue weighted by molar-refractivity contribution is 0.0764. The number of aryl methyl sites for hydroxylation is 2. The van der Waals surface area contributed by atoms with Crippen molar-refractivity contribution in [1.82, 2.24) is 4.57 Å². The predicted molar refractivity (Wildman–Crippen MR) is 91.2 cm³/mol.